The first-order valence-electron chi connectivity index (χ1n) is 7.03. The lowest BCUT2D eigenvalue weighted by atomic mass is 10.1. The second kappa shape index (κ2) is 5.43. The van der Waals surface area contributed by atoms with E-state index in [2.05, 4.69) is 0 Å². The standard InChI is InChI=1S/C16H21NO4S/c1-15(2,3)20-13(18)10-9-17-7-8-22-12(17)11(10)14(19)21-16(4,5)6/h7-9H,1-6H3. The molecule has 0 unspecified atom stereocenters. The van der Waals surface area contributed by atoms with E-state index in [1.807, 2.05) is 5.38 Å². The summed E-state index contributed by atoms with van der Waals surface area (Å²) in [5.74, 6) is -1.04. The fourth-order valence-electron chi connectivity index (χ4n) is 1.91. The molecule has 0 spiro atoms. The van der Waals surface area contributed by atoms with Crippen LogP contribution in [0.25, 0.3) is 4.83 Å². The Morgan fingerprint density at radius 1 is 1.00 bits per heavy atom. The Hall–Kier alpha value is -1.82. The molecule has 5 nitrogen and oxygen atoms in total. The van der Waals surface area contributed by atoms with Gasteiger partial charge in [0.2, 0.25) is 0 Å². The number of carbonyl (C=O) groups excluding carboxylic acids is 2. The second-order valence-corrected chi connectivity index (χ2v) is 7.93. The van der Waals surface area contributed by atoms with Crippen LogP contribution < -0.4 is 0 Å². The van der Waals surface area contributed by atoms with Gasteiger partial charge in [-0.15, -0.1) is 11.3 Å². The zero-order valence-electron chi connectivity index (χ0n) is 13.7. The summed E-state index contributed by atoms with van der Waals surface area (Å²) in [5, 5.41) is 1.85. The van der Waals surface area contributed by atoms with Crippen LogP contribution in [0.15, 0.2) is 17.8 Å². The Morgan fingerprint density at radius 2 is 1.55 bits per heavy atom. The highest BCUT2D eigenvalue weighted by Crippen LogP contribution is 2.27. The van der Waals surface area contributed by atoms with Crippen LogP contribution in [-0.2, 0) is 9.47 Å². The summed E-state index contributed by atoms with van der Waals surface area (Å²) in [6.45, 7) is 10.7. The molecule has 0 aliphatic rings. The number of aromatic nitrogens is 1. The third-order valence-corrected chi connectivity index (χ3v) is 3.50. The average molecular weight is 323 g/mol. The van der Waals surface area contributed by atoms with E-state index in [1.54, 1.807) is 58.3 Å². The number of fused-ring (bicyclic) bond motifs is 1. The van der Waals surface area contributed by atoms with Crippen molar-refractivity contribution in [2.45, 2.75) is 52.7 Å². The summed E-state index contributed by atoms with van der Waals surface area (Å²) in [5.41, 5.74) is -0.763. The number of rotatable bonds is 2. The zero-order valence-corrected chi connectivity index (χ0v) is 14.5. The van der Waals surface area contributed by atoms with Gasteiger partial charge in [0.15, 0.2) is 0 Å². The summed E-state index contributed by atoms with van der Waals surface area (Å²) < 4.78 is 12.6. The monoisotopic (exact) mass is 323 g/mol. The van der Waals surface area contributed by atoms with Crippen LogP contribution in [0, 0.1) is 0 Å². The maximum Gasteiger partial charge on any atom is 0.342 e. The first-order valence-corrected chi connectivity index (χ1v) is 7.91. The fraction of sp³-hybridized carbons (Fsp3) is 0.500. The van der Waals surface area contributed by atoms with Gasteiger partial charge in [-0.2, -0.15) is 0 Å². The maximum atomic E-state index is 12.5. The predicted octanol–water partition coefficient (Wildman–Crippen LogP) is 3.91. The summed E-state index contributed by atoms with van der Waals surface area (Å²) in [6.07, 6.45) is 3.40. The number of hydrogen-bond acceptors (Lipinski definition) is 5. The van der Waals surface area contributed by atoms with Crippen LogP contribution in [0.1, 0.15) is 62.3 Å². The van der Waals surface area contributed by atoms with Gasteiger partial charge in [0.25, 0.3) is 0 Å². The van der Waals surface area contributed by atoms with Crippen LogP contribution in [0.5, 0.6) is 0 Å². The topological polar surface area (TPSA) is 57.0 Å². The van der Waals surface area contributed by atoms with Crippen LogP contribution >= 0.6 is 11.3 Å². The van der Waals surface area contributed by atoms with Gasteiger partial charge in [-0.1, -0.05) is 0 Å². The first kappa shape index (κ1) is 16.5. The first-order chi connectivity index (χ1) is 9.98. The molecule has 22 heavy (non-hydrogen) atoms. The number of thiazole rings is 1. The molecule has 0 amide bonds. The molecule has 0 bridgehead atoms. The molecule has 0 aromatic carbocycles. The van der Waals surface area contributed by atoms with Crippen molar-refractivity contribution in [2.75, 3.05) is 0 Å². The van der Waals surface area contributed by atoms with Crippen LogP contribution in [0.4, 0.5) is 0 Å². The average Bonchev–Trinajstić information content (AvgIpc) is 2.81. The van der Waals surface area contributed by atoms with Crippen molar-refractivity contribution in [3.05, 3.63) is 28.9 Å². The molecule has 0 atom stereocenters. The summed E-state index contributed by atoms with van der Waals surface area (Å²) in [6, 6.07) is 0. The molecular formula is C16H21NO4S. The molecule has 2 rings (SSSR count). The van der Waals surface area contributed by atoms with Crippen molar-refractivity contribution in [2.24, 2.45) is 0 Å². The molecule has 6 heteroatoms. The quantitative estimate of drug-likeness (QED) is 0.786. The van der Waals surface area contributed by atoms with Gasteiger partial charge in [-0.05, 0) is 41.5 Å². The van der Waals surface area contributed by atoms with Gasteiger partial charge in [-0.25, -0.2) is 9.59 Å². The minimum absolute atomic E-state index is 0.232. The van der Waals surface area contributed by atoms with Crippen LogP contribution in [-0.4, -0.2) is 27.5 Å². The summed E-state index contributed by atoms with van der Waals surface area (Å²) >= 11 is 1.38. The molecule has 2 heterocycles. The lowest BCUT2D eigenvalue weighted by molar-refractivity contribution is 0.00216. The van der Waals surface area contributed by atoms with E-state index < -0.39 is 23.1 Å². The van der Waals surface area contributed by atoms with E-state index in [1.165, 1.54) is 11.3 Å². The predicted molar refractivity (Wildman–Crippen MR) is 85.6 cm³/mol. The Balaban J connectivity index is 2.46. The highest BCUT2D eigenvalue weighted by molar-refractivity contribution is 7.16. The van der Waals surface area contributed by atoms with Crippen molar-refractivity contribution in [1.29, 1.82) is 0 Å². The normalized spacial score (nSPS) is 12.5. The SMILES string of the molecule is CC(C)(C)OC(=O)c1cn2ccsc2c1C(=O)OC(C)(C)C. The van der Waals surface area contributed by atoms with Gasteiger partial charge in [0.1, 0.15) is 21.6 Å². The van der Waals surface area contributed by atoms with E-state index in [-0.39, 0.29) is 11.1 Å². The van der Waals surface area contributed by atoms with Crippen molar-refractivity contribution in [1.82, 2.24) is 4.40 Å². The molecule has 0 N–H and O–H groups in total. The largest absolute Gasteiger partial charge is 0.456 e. The number of ether oxygens (including phenoxy) is 2. The summed E-state index contributed by atoms with van der Waals surface area (Å²) in [7, 11) is 0. The molecule has 0 fully saturated rings. The molecule has 0 radical (unpaired) electrons. The van der Waals surface area contributed by atoms with Crippen LogP contribution in [0.3, 0.4) is 0 Å². The third-order valence-electron chi connectivity index (χ3n) is 2.61. The van der Waals surface area contributed by atoms with Crippen molar-refractivity contribution in [3.63, 3.8) is 0 Å². The van der Waals surface area contributed by atoms with E-state index in [4.69, 9.17) is 9.47 Å². The molecule has 120 valence electrons. The number of hydrogen-bond donors (Lipinski definition) is 0. The molecule has 0 saturated heterocycles. The van der Waals surface area contributed by atoms with E-state index >= 15 is 0 Å². The Kier molecular flexibility index (Phi) is 4.08. The number of esters is 2. The van der Waals surface area contributed by atoms with Gasteiger partial charge < -0.3 is 13.9 Å². The van der Waals surface area contributed by atoms with Crippen molar-refractivity contribution < 1.29 is 19.1 Å². The third kappa shape index (κ3) is 3.68. The fourth-order valence-corrected chi connectivity index (χ4v) is 2.78. The van der Waals surface area contributed by atoms with Gasteiger partial charge in [-0.3, -0.25) is 0 Å². The van der Waals surface area contributed by atoms with Gasteiger partial charge in [0.05, 0.1) is 5.56 Å². The lowest BCUT2D eigenvalue weighted by Gasteiger charge is -2.21. The highest BCUT2D eigenvalue weighted by Gasteiger charge is 2.30. The summed E-state index contributed by atoms with van der Waals surface area (Å²) in [4.78, 5) is 25.5. The number of nitrogens with zero attached hydrogens (tertiary/aromatic N) is 1. The van der Waals surface area contributed by atoms with E-state index in [0.29, 0.717) is 4.83 Å². The molecular weight excluding hydrogens is 302 g/mol. The number of carbonyl (C=O) groups is 2. The van der Waals surface area contributed by atoms with Crippen LogP contribution in [0.2, 0.25) is 0 Å². The maximum absolute atomic E-state index is 12.5. The van der Waals surface area contributed by atoms with Crippen molar-refractivity contribution >= 4 is 28.1 Å². The Labute approximate surface area is 133 Å². The second-order valence-electron chi connectivity index (χ2n) is 7.04. The minimum Gasteiger partial charge on any atom is -0.456 e. The van der Waals surface area contributed by atoms with Crippen molar-refractivity contribution in [3.8, 4) is 0 Å². The smallest absolute Gasteiger partial charge is 0.342 e. The van der Waals surface area contributed by atoms with E-state index in [9.17, 15) is 9.59 Å². The molecule has 0 saturated carbocycles. The minimum atomic E-state index is -0.631. The Morgan fingerprint density at radius 3 is 2.09 bits per heavy atom. The zero-order chi connectivity index (χ0) is 16.7. The Bertz CT molecular complexity index is 713. The molecule has 2 aromatic heterocycles. The molecule has 2 aromatic rings. The molecule has 0 aliphatic heterocycles. The van der Waals surface area contributed by atoms with Gasteiger partial charge in [0, 0.05) is 17.8 Å². The molecule has 0 aliphatic carbocycles. The lowest BCUT2D eigenvalue weighted by Crippen LogP contribution is -2.27. The van der Waals surface area contributed by atoms with E-state index in [0.717, 1.165) is 0 Å². The highest BCUT2D eigenvalue weighted by atomic mass is 32.1. The van der Waals surface area contributed by atoms with Gasteiger partial charge >= 0.3 is 11.9 Å².